The summed E-state index contributed by atoms with van der Waals surface area (Å²) in [5, 5.41) is 9.29. The van der Waals surface area contributed by atoms with Gasteiger partial charge in [0.15, 0.2) is 5.69 Å². The number of ether oxygens (including phenoxy) is 1. The number of likely N-dealkylation sites (N-methyl/N-ethyl adjacent to an activating group) is 1. The zero-order valence-electron chi connectivity index (χ0n) is 11.6. The van der Waals surface area contributed by atoms with Gasteiger partial charge < -0.3 is 20.7 Å². The Kier molecular flexibility index (Phi) is 4.23. The minimum atomic E-state index is -0.646. The van der Waals surface area contributed by atoms with Gasteiger partial charge in [0, 0.05) is 13.1 Å². The molecule has 2 rings (SSSR count). The Balaban J connectivity index is 2.21. The van der Waals surface area contributed by atoms with Crippen LogP contribution in [0.15, 0.2) is 0 Å². The molecular formula is C12H19N5O3. The van der Waals surface area contributed by atoms with Crippen LogP contribution in [-0.4, -0.2) is 59.3 Å². The highest BCUT2D eigenvalue weighted by Gasteiger charge is 2.34. The number of aromatic amines is 1. The fourth-order valence-corrected chi connectivity index (χ4v) is 2.09. The fraction of sp³-hybridized carbons (Fsp3) is 0.583. The number of morpholine rings is 1. The highest BCUT2D eigenvalue weighted by atomic mass is 16.5. The molecule has 1 fully saturated rings. The number of aryl methyl sites for hydroxylation is 1. The zero-order valence-corrected chi connectivity index (χ0v) is 11.6. The lowest BCUT2D eigenvalue weighted by Gasteiger charge is -2.34. The summed E-state index contributed by atoms with van der Waals surface area (Å²) in [5.74, 6) is -0.585. The van der Waals surface area contributed by atoms with Gasteiger partial charge in [-0.25, -0.2) is 0 Å². The van der Waals surface area contributed by atoms with E-state index >= 15 is 0 Å². The Bertz CT molecular complexity index is 513. The maximum absolute atomic E-state index is 12.5. The molecule has 4 N–H and O–H groups in total. The predicted molar refractivity (Wildman–Crippen MR) is 72.1 cm³/mol. The highest BCUT2D eigenvalue weighted by molar-refractivity contribution is 6.00. The molecule has 2 heterocycles. The lowest BCUT2D eigenvalue weighted by Crippen LogP contribution is -2.56. The number of H-pyrrole nitrogens is 1. The SMILES string of the molecule is CCNC(=O)C1COCCN1C(=O)c1n[nH]c(C)c1N. The third kappa shape index (κ3) is 2.60. The van der Waals surface area contributed by atoms with Crippen LogP contribution >= 0.6 is 0 Å². The number of nitrogen functional groups attached to an aromatic ring is 1. The molecule has 110 valence electrons. The molecule has 1 aromatic rings. The van der Waals surface area contributed by atoms with E-state index in [1.165, 1.54) is 4.90 Å². The van der Waals surface area contributed by atoms with Gasteiger partial charge in [0.05, 0.1) is 24.6 Å². The number of carbonyl (C=O) groups is 2. The van der Waals surface area contributed by atoms with Crippen molar-refractivity contribution in [2.75, 3.05) is 32.0 Å². The second-order valence-electron chi connectivity index (χ2n) is 4.59. The average molecular weight is 281 g/mol. The lowest BCUT2D eigenvalue weighted by atomic mass is 10.1. The Morgan fingerprint density at radius 3 is 2.95 bits per heavy atom. The van der Waals surface area contributed by atoms with Crippen LogP contribution in [0, 0.1) is 6.92 Å². The second-order valence-corrected chi connectivity index (χ2v) is 4.59. The Hall–Kier alpha value is -2.09. The van der Waals surface area contributed by atoms with Crippen molar-refractivity contribution in [1.29, 1.82) is 0 Å². The lowest BCUT2D eigenvalue weighted by molar-refractivity contribution is -0.130. The second kappa shape index (κ2) is 5.91. The van der Waals surface area contributed by atoms with Crippen LogP contribution in [0.5, 0.6) is 0 Å². The Morgan fingerprint density at radius 2 is 2.35 bits per heavy atom. The first-order valence-electron chi connectivity index (χ1n) is 6.53. The molecule has 8 nitrogen and oxygen atoms in total. The zero-order chi connectivity index (χ0) is 14.7. The summed E-state index contributed by atoms with van der Waals surface area (Å²) in [6, 6.07) is -0.646. The molecule has 0 aromatic carbocycles. The van der Waals surface area contributed by atoms with Crippen molar-refractivity contribution >= 4 is 17.5 Å². The Morgan fingerprint density at radius 1 is 1.60 bits per heavy atom. The molecule has 1 aromatic heterocycles. The maximum atomic E-state index is 12.5. The van der Waals surface area contributed by atoms with Crippen molar-refractivity contribution in [2.24, 2.45) is 0 Å². The van der Waals surface area contributed by atoms with Crippen LogP contribution in [0.25, 0.3) is 0 Å². The van der Waals surface area contributed by atoms with E-state index in [1.807, 2.05) is 6.92 Å². The highest BCUT2D eigenvalue weighted by Crippen LogP contribution is 2.18. The summed E-state index contributed by atoms with van der Waals surface area (Å²) in [6.45, 7) is 4.97. The summed E-state index contributed by atoms with van der Waals surface area (Å²) in [5.41, 5.74) is 6.92. The number of aromatic nitrogens is 2. The van der Waals surface area contributed by atoms with Crippen LogP contribution in [0.1, 0.15) is 23.1 Å². The van der Waals surface area contributed by atoms with Crippen molar-refractivity contribution in [2.45, 2.75) is 19.9 Å². The monoisotopic (exact) mass is 281 g/mol. The molecule has 1 unspecified atom stereocenters. The van der Waals surface area contributed by atoms with Gasteiger partial charge in [-0.2, -0.15) is 5.10 Å². The van der Waals surface area contributed by atoms with Crippen LogP contribution in [0.3, 0.4) is 0 Å². The van der Waals surface area contributed by atoms with Gasteiger partial charge in [0.2, 0.25) is 5.91 Å². The smallest absolute Gasteiger partial charge is 0.277 e. The minimum Gasteiger partial charge on any atom is -0.395 e. The standard InChI is InChI=1S/C12H19N5O3/c1-3-14-11(18)8-6-20-5-4-17(8)12(19)10-9(13)7(2)15-16-10/h8H,3-6,13H2,1-2H3,(H,14,18)(H,15,16). The maximum Gasteiger partial charge on any atom is 0.277 e. The molecule has 0 spiro atoms. The van der Waals surface area contributed by atoms with Gasteiger partial charge in [-0.1, -0.05) is 0 Å². The van der Waals surface area contributed by atoms with Gasteiger partial charge >= 0.3 is 0 Å². The van der Waals surface area contributed by atoms with E-state index in [4.69, 9.17) is 10.5 Å². The van der Waals surface area contributed by atoms with E-state index in [-0.39, 0.29) is 24.1 Å². The third-order valence-electron chi connectivity index (χ3n) is 3.24. The van der Waals surface area contributed by atoms with E-state index in [0.29, 0.717) is 31.1 Å². The molecule has 1 aliphatic rings. The molecule has 0 bridgehead atoms. The van der Waals surface area contributed by atoms with Crippen LogP contribution in [0.4, 0.5) is 5.69 Å². The molecule has 1 aliphatic heterocycles. The van der Waals surface area contributed by atoms with Crippen LogP contribution in [0.2, 0.25) is 0 Å². The molecule has 1 saturated heterocycles. The number of amides is 2. The van der Waals surface area contributed by atoms with Gasteiger partial charge in [0.25, 0.3) is 5.91 Å². The summed E-state index contributed by atoms with van der Waals surface area (Å²) in [7, 11) is 0. The molecular weight excluding hydrogens is 262 g/mol. The summed E-state index contributed by atoms with van der Waals surface area (Å²) in [6.07, 6.45) is 0. The number of rotatable bonds is 3. The van der Waals surface area contributed by atoms with Crippen molar-refractivity contribution in [1.82, 2.24) is 20.4 Å². The molecule has 0 aliphatic carbocycles. The number of nitrogens with one attached hydrogen (secondary N) is 2. The van der Waals surface area contributed by atoms with E-state index in [2.05, 4.69) is 15.5 Å². The fourth-order valence-electron chi connectivity index (χ4n) is 2.09. The van der Waals surface area contributed by atoms with E-state index in [9.17, 15) is 9.59 Å². The normalized spacial score (nSPS) is 18.9. The van der Waals surface area contributed by atoms with Crippen molar-refractivity contribution in [3.63, 3.8) is 0 Å². The topological polar surface area (TPSA) is 113 Å². The number of nitrogens with two attached hydrogens (primary N) is 1. The largest absolute Gasteiger partial charge is 0.395 e. The Labute approximate surface area is 116 Å². The molecule has 20 heavy (non-hydrogen) atoms. The molecule has 1 atom stereocenters. The summed E-state index contributed by atoms with van der Waals surface area (Å²) >= 11 is 0. The number of anilines is 1. The predicted octanol–water partition coefficient (Wildman–Crippen LogP) is -0.723. The first kappa shape index (κ1) is 14.3. The van der Waals surface area contributed by atoms with Crippen LogP contribution in [-0.2, 0) is 9.53 Å². The van der Waals surface area contributed by atoms with Gasteiger partial charge in [-0.05, 0) is 13.8 Å². The van der Waals surface area contributed by atoms with E-state index in [1.54, 1.807) is 6.92 Å². The van der Waals surface area contributed by atoms with Crippen LogP contribution < -0.4 is 11.1 Å². The average Bonchev–Trinajstić information content (AvgIpc) is 2.78. The molecule has 0 saturated carbocycles. The number of carbonyl (C=O) groups excluding carboxylic acids is 2. The molecule has 0 radical (unpaired) electrons. The summed E-state index contributed by atoms with van der Waals surface area (Å²) < 4.78 is 5.29. The first-order valence-corrected chi connectivity index (χ1v) is 6.53. The van der Waals surface area contributed by atoms with Gasteiger partial charge in [0.1, 0.15) is 6.04 Å². The van der Waals surface area contributed by atoms with Gasteiger partial charge in [-0.15, -0.1) is 0 Å². The van der Waals surface area contributed by atoms with E-state index in [0.717, 1.165) is 0 Å². The molecule has 8 heteroatoms. The molecule has 2 amide bonds. The number of hydrogen-bond donors (Lipinski definition) is 3. The number of hydrogen-bond acceptors (Lipinski definition) is 5. The van der Waals surface area contributed by atoms with Gasteiger partial charge in [-0.3, -0.25) is 14.7 Å². The number of nitrogens with zero attached hydrogens (tertiary/aromatic N) is 2. The van der Waals surface area contributed by atoms with E-state index < -0.39 is 6.04 Å². The van der Waals surface area contributed by atoms with Crippen molar-refractivity contribution < 1.29 is 14.3 Å². The minimum absolute atomic E-state index is 0.152. The third-order valence-corrected chi connectivity index (χ3v) is 3.24. The first-order chi connectivity index (χ1) is 9.56. The summed E-state index contributed by atoms with van der Waals surface area (Å²) in [4.78, 5) is 25.9. The quantitative estimate of drug-likeness (QED) is 0.676. The van der Waals surface area contributed by atoms with Crippen molar-refractivity contribution in [3.8, 4) is 0 Å². The van der Waals surface area contributed by atoms with Crippen molar-refractivity contribution in [3.05, 3.63) is 11.4 Å².